The minimum Gasteiger partial charge on any atom is -0.353 e. The van der Waals surface area contributed by atoms with E-state index < -0.39 is 28.7 Å². The Bertz CT molecular complexity index is 849. The molecule has 1 heterocycles. The number of hydrogen-bond donors (Lipinski definition) is 2. The summed E-state index contributed by atoms with van der Waals surface area (Å²) in [5, 5.41) is 7.54. The zero-order valence-electron chi connectivity index (χ0n) is 21.7. The molecule has 1 saturated heterocycles. The minimum absolute atomic E-state index is 0.108. The average Bonchev–Trinajstić information content (AvgIpc) is 3.51. The van der Waals surface area contributed by atoms with Gasteiger partial charge in [-0.1, -0.05) is 70.6 Å². The number of carbonyl (C=O) groups is 4. The predicted octanol–water partition coefficient (Wildman–Crippen LogP) is 4.06. The van der Waals surface area contributed by atoms with E-state index in [-0.39, 0.29) is 23.9 Å². The number of hydroxylamine groups is 2. The van der Waals surface area contributed by atoms with Gasteiger partial charge in [0.1, 0.15) is 0 Å². The molecule has 5 rings (SSSR count). The fourth-order valence-electron chi connectivity index (χ4n) is 7.62. The summed E-state index contributed by atoms with van der Waals surface area (Å²) in [6.07, 6.45) is 16.7. The van der Waals surface area contributed by atoms with Crippen molar-refractivity contribution in [3.63, 3.8) is 0 Å². The maximum atomic E-state index is 14.0. The topological polar surface area (TPSA) is 105 Å². The molecular weight excluding hydrogens is 458 g/mol. The van der Waals surface area contributed by atoms with Gasteiger partial charge in [-0.3, -0.25) is 14.4 Å². The Balaban J connectivity index is 1.38. The molecule has 1 aliphatic heterocycles. The first-order chi connectivity index (χ1) is 17.5. The van der Waals surface area contributed by atoms with Crippen LogP contribution in [0.2, 0.25) is 0 Å². The number of hydrogen-bond acceptors (Lipinski definition) is 5. The highest BCUT2D eigenvalue weighted by Gasteiger charge is 2.64. The molecule has 2 N–H and O–H groups in total. The van der Waals surface area contributed by atoms with E-state index in [4.69, 9.17) is 4.84 Å². The molecule has 0 aromatic rings. The van der Waals surface area contributed by atoms with Crippen molar-refractivity contribution in [2.45, 2.75) is 140 Å². The SMILES string of the molecule is O=C1ON(C2(C(=O)NC3CCCCC3)CCCCC2)C(=O)[C@@H]1C1(C(=O)NC2CCCCC2)CCCC1. The molecule has 3 amide bonds. The standard InChI is InChI=1S/C28H43N3O5/c32-23-22(27(16-10-11-17-27)25(34)29-20-12-4-1-5-13-20)24(33)36-31(23)28(18-8-3-9-19-28)26(35)30-21-14-6-2-7-15-21/h20-22H,1-19H2,(H,29,34)(H,30,35)/t22-/m0/s1. The number of carbonyl (C=O) groups excluding carboxylic acids is 4. The van der Waals surface area contributed by atoms with Crippen molar-refractivity contribution < 1.29 is 24.0 Å². The maximum absolute atomic E-state index is 14.0. The summed E-state index contributed by atoms with van der Waals surface area (Å²) in [5.41, 5.74) is -2.24. The van der Waals surface area contributed by atoms with Crippen molar-refractivity contribution in [1.82, 2.24) is 15.7 Å². The quantitative estimate of drug-likeness (QED) is 0.534. The molecule has 1 atom stereocenters. The van der Waals surface area contributed by atoms with Crippen LogP contribution in [0.1, 0.15) is 122 Å². The highest BCUT2D eigenvalue weighted by atomic mass is 16.7. The van der Waals surface area contributed by atoms with Crippen LogP contribution in [-0.4, -0.2) is 46.4 Å². The van der Waals surface area contributed by atoms with E-state index in [1.807, 2.05) is 0 Å². The van der Waals surface area contributed by atoms with E-state index in [0.717, 1.165) is 88.5 Å². The van der Waals surface area contributed by atoms with Gasteiger partial charge in [0.2, 0.25) is 11.8 Å². The molecule has 0 aromatic carbocycles. The number of amides is 3. The van der Waals surface area contributed by atoms with Crippen molar-refractivity contribution in [1.29, 1.82) is 0 Å². The second kappa shape index (κ2) is 10.7. The Hall–Kier alpha value is -2.12. The zero-order chi connectivity index (χ0) is 25.2. The van der Waals surface area contributed by atoms with Gasteiger partial charge in [-0.05, 0) is 51.4 Å². The molecule has 0 spiro atoms. The van der Waals surface area contributed by atoms with E-state index in [9.17, 15) is 19.2 Å². The number of nitrogens with zero attached hydrogens (tertiary/aromatic N) is 1. The van der Waals surface area contributed by atoms with Crippen molar-refractivity contribution in [3.8, 4) is 0 Å². The van der Waals surface area contributed by atoms with Gasteiger partial charge in [-0.2, -0.15) is 5.06 Å². The van der Waals surface area contributed by atoms with Gasteiger partial charge < -0.3 is 15.5 Å². The smallest absolute Gasteiger partial charge is 0.346 e. The molecule has 36 heavy (non-hydrogen) atoms. The molecule has 5 aliphatic rings. The maximum Gasteiger partial charge on any atom is 0.346 e. The molecule has 8 nitrogen and oxygen atoms in total. The van der Waals surface area contributed by atoms with E-state index >= 15 is 0 Å². The van der Waals surface area contributed by atoms with E-state index in [2.05, 4.69) is 10.6 Å². The number of rotatable bonds is 6. The molecule has 0 radical (unpaired) electrons. The largest absolute Gasteiger partial charge is 0.353 e. The Kier molecular flexibility index (Phi) is 7.59. The van der Waals surface area contributed by atoms with E-state index in [1.165, 1.54) is 12.8 Å². The van der Waals surface area contributed by atoms with Crippen LogP contribution in [-0.2, 0) is 24.0 Å². The molecule has 0 unspecified atom stereocenters. The minimum atomic E-state index is -1.17. The molecule has 0 aromatic heterocycles. The van der Waals surface area contributed by atoms with Crippen molar-refractivity contribution in [3.05, 3.63) is 0 Å². The first-order valence-electron chi connectivity index (χ1n) is 14.6. The zero-order valence-corrected chi connectivity index (χ0v) is 21.7. The lowest BCUT2D eigenvalue weighted by molar-refractivity contribution is -0.208. The van der Waals surface area contributed by atoms with Gasteiger partial charge in [0.15, 0.2) is 11.5 Å². The molecule has 5 fully saturated rings. The van der Waals surface area contributed by atoms with Crippen LogP contribution < -0.4 is 10.6 Å². The highest BCUT2D eigenvalue weighted by molar-refractivity contribution is 6.08. The molecular formula is C28H43N3O5. The lowest BCUT2D eigenvalue weighted by Gasteiger charge is -2.42. The van der Waals surface area contributed by atoms with Gasteiger partial charge in [0, 0.05) is 12.1 Å². The molecule has 200 valence electrons. The summed E-state index contributed by atoms with van der Waals surface area (Å²) in [6, 6.07) is 0.218. The summed E-state index contributed by atoms with van der Waals surface area (Å²) in [7, 11) is 0. The summed E-state index contributed by atoms with van der Waals surface area (Å²) in [4.78, 5) is 60.6. The van der Waals surface area contributed by atoms with Crippen molar-refractivity contribution in [2.24, 2.45) is 11.3 Å². The normalized spacial score (nSPS) is 29.1. The average molecular weight is 502 g/mol. The van der Waals surface area contributed by atoms with Crippen LogP contribution in [0, 0.1) is 11.3 Å². The molecule has 4 aliphatic carbocycles. The van der Waals surface area contributed by atoms with Crippen molar-refractivity contribution in [2.75, 3.05) is 0 Å². The predicted molar refractivity (Wildman–Crippen MR) is 133 cm³/mol. The Morgan fingerprint density at radius 1 is 0.667 bits per heavy atom. The van der Waals surface area contributed by atoms with E-state index in [1.54, 1.807) is 0 Å². The summed E-state index contributed by atoms with van der Waals surface area (Å²) < 4.78 is 0. The van der Waals surface area contributed by atoms with Crippen LogP contribution in [0.25, 0.3) is 0 Å². The third-order valence-electron chi connectivity index (χ3n) is 9.74. The van der Waals surface area contributed by atoms with Gasteiger partial charge in [0.25, 0.3) is 5.91 Å². The third-order valence-corrected chi connectivity index (χ3v) is 9.74. The van der Waals surface area contributed by atoms with Gasteiger partial charge in [0.05, 0.1) is 5.41 Å². The molecule has 0 bridgehead atoms. The van der Waals surface area contributed by atoms with Crippen LogP contribution in [0.3, 0.4) is 0 Å². The fraction of sp³-hybridized carbons (Fsp3) is 0.857. The van der Waals surface area contributed by atoms with Gasteiger partial charge in [-0.15, -0.1) is 0 Å². The lowest BCUT2D eigenvalue weighted by Crippen LogP contribution is -2.62. The Morgan fingerprint density at radius 3 is 1.69 bits per heavy atom. The second-order valence-corrected chi connectivity index (χ2v) is 12.0. The monoisotopic (exact) mass is 501 g/mol. The summed E-state index contributed by atoms with van der Waals surface area (Å²) in [5.74, 6) is -2.67. The van der Waals surface area contributed by atoms with Gasteiger partial charge in [-0.25, -0.2) is 4.79 Å². The first kappa shape index (κ1) is 25.5. The molecule has 8 heteroatoms. The van der Waals surface area contributed by atoms with Gasteiger partial charge >= 0.3 is 5.97 Å². The summed E-state index contributed by atoms with van der Waals surface area (Å²) in [6.45, 7) is 0. The van der Waals surface area contributed by atoms with Crippen molar-refractivity contribution >= 4 is 23.7 Å². The van der Waals surface area contributed by atoms with Crippen LogP contribution in [0.4, 0.5) is 0 Å². The fourth-order valence-corrected chi connectivity index (χ4v) is 7.62. The van der Waals surface area contributed by atoms with Crippen LogP contribution in [0.5, 0.6) is 0 Å². The molecule has 4 saturated carbocycles. The Morgan fingerprint density at radius 2 is 1.14 bits per heavy atom. The Labute approximate surface area is 214 Å². The summed E-state index contributed by atoms with van der Waals surface area (Å²) >= 11 is 0. The van der Waals surface area contributed by atoms with Crippen LogP contribution in [0.15, 0.2) is 0 Å². The first-order valence-corrected chi connectivity index (χ1v) is 14.6. The van der Waals surface area contributed by atoms with Crippen LogP contribution >= 0.6 is 0 Å². The van der Waals surface area contributed by atoms with E-state index in [0.29, 0.717) is 25.7 Å². The third kappa shape index (κ3) is 4.65. The highest BCUT2D eigenvalue weighted by Crippen LogP contribution is 2.50. The second-order valence-electron chi connectivity index (χ2n) is 12.0. The number of nitrogens with one attached hydrogen (secondary N) is 2. The lowest BCUT2D eigenvalue weighted by atomic mass is 9.71.